The highest BCUT2D eigenvalue weighted by molar-refractivity contribution is 5.73. The number of fused-ring (bicyclic) bond motifs is 1. The molecule has 3 rings (SSSR count). The number of aryl methyl sites for hydroxylation is 2. The largest absolute Gasteiger partial charge is 0.496 e. The summed E-state index contributed by atoms with van der Waals surface area (Å²) in [5.41, 5.74) is 4.23. The summed E-state index contributed by atoms with van der Waals surface area (Å²) in [6.07, 6.45) is 5.85. The number of hydrogen-bond donors (Lipinski definition) is 1. The number of hydrogen-bond acceptors (Lipinski definition) is 3. The number of nitrogens with one attached hydrogen (secondary N) is 1. The molecule has 0 saturated carbocycles. The van der Waals surface area contributed by atoms with Gasteiger partial charge < -0.3 is 10.1 Å². The van der Waals surface area contributed by atoms with Crippen molar-refractivity contribution in [2.24, 2.45) is 0 Å². The van der Waals surface area contributed by atoms with E-state index in [9.17, 15) is 4.79 Å². The summed E-state index contributed by atoms with van der Waals surface area (Å²) in [7, 11) is 1.76. The highest BCUT2D eigenvalue weighted by atomic mass is 16.5. The molecule has 4 nitrogen and oxygen atoms in total. The maximum absolute atomic E-state index is 11.3. The molecular weight excluding hydrogens is 276 g/mol. The predicted molar refractivity (Wildman–Crippen MR) is 87.1 cm³/mol. The molecule has 2 aliphatic rings. The Bertz CT molecular complexity index is 556. The zero-order valence-electron chi connectivity index (χ0n) is 13.7. The molecule has 0 bridgehead atoms. The molecule has 22 heavy (non-hydrogen) atoms. The smallest absolute Gasteiger partial charge is 0.217 e. The molecule has 0 aromatic heterocycles. The molecule has 1 amide bonds. The van der Waals surface area contributed by atoms with Crippen molar-refractivity contribution in [3.05, 3.63) is 28.8 Å². The van der Waals surface area contributed by atoms with Crippen molar-refractivity contribution >= 4 is 5.91 Å². The normalized spacial score (nSPS) is 21.5. The first kappa shape index (κ1) is 15.3. The molecule has 1 saturated heterocycles. The van der Waals surface area contributed by atoms with E-state index in [1.807, 2.05) is 0 Å². The van der Waals surface area contributed by atoms with E-state index in [0.717, 1.165) is 38.2 Å². The number of carbonyl (C=O) groups is 1. The van der Waals surface area contributed by atoms with Crippen molar-refractivity contribution in [1.29, 1.82) is 0 Å². The predicted octanol–water partition coefficient (Wildman–Crippen LogP) is 2.28. The number of nitrogens with zero attached hydrogens (tertiary/aromatic N) is 1. The van der Waals surface area contributed by atoms with Crippen molar-refractivity contribution in [1.82, 2.24) is 10.2 Å². The standard InChI is InChI=1S/C18H26N2O2/c1-13(21)19-17-7-4-8-20(12-17)11-16-9-14-5-3-6-15(14)10-18(16)22-2/h9-10,17H,3-8,11-12H2,1-2H3,(H,19,21)/t17-/m0/s1. The van der Waals surface area contributed by atoms with Crippen LogP contribution in [0.2, 0.25) is 0 Å². The molecule has 4 heteroatoms. The van der Waals surface area contributed by atoms with Gasteiger partial charge in [0, 0.05) is 31.6 Å². The third-order valence-electron chi connectivity index (χ3n) is 4.80. The lowest BCUT2D eigenvalue weighted by molar-refractivity contribution is -0.120. The molecule has 0 radical (unpaired) electrons. The Morgan fingerprint density at radius 3 is 2.82 bits per heavy atom. The van der Waals surface area contributed by atoms with E-state index >= 15 is 0 Å². The van der Waals surface area contributed by atoms with Gasteiger partial charge in [0.25, 0.3) is 0 Å². The molecular formula is C18H26N2O2. The summed E-state index contributed by atoms with van der Waals surface area (Å²) in [6.45, 7) is 4.53. The summed E-state index contributed by atoms with van der Waals surface area (Å²) in [5, 5.41) is 3.06. The van der Waals surface area contributed by atoms with E-state index in [2.05, 4.69) is 22.3 Å². The Morgan fingerprint density at radius 2 is 2.09 bits per heavy atom. The van der Waals surface area contributed by atoms with E-state index in [0.29, 0.717) is 0 Å². The van der Waals surface area contributed by atoms with E-state index < -0.39 is 0 Å². The number of likely N-dealkylation sites (tertiary alicyclic amines) is 1. The van der Waals surface area contributed by atoms with E-state index in [1.54, 1.807) is 14.0 Å². The van der Waals surface area contributed by atoms with Crippen LogP contribution in [0.15, 0.2) is 12.1 Å². The number of rotatable bonds is 4. The number of ether oxygens (including phenoxy) is 1. The van der Waals surface area contributed by atoms with Crippen LogP contribution in [0.4, 0.5) is 0 Å². The average molecular weight is 302 g/mol. The zero-order valence-corrected chi connectivity index (χ0v) is 13.7. The van der Waals surface area contributed by atoms with E-state index in [-0.39, 0.29) is 11.9 Å². The van der Waals surface area contributed by atoms with Gasteiger partial charge in [-0.1, -0.05) is 6.07 Å². The van der Waals surface area contributed by atoms with Crippen molar-refractivity contribution in [2.45, 2.75) is 51.6 Å². The van der Waals surface area contributed by atoms with Crippen molar-refractivity contribution < 1.29 is 9.53 Å². The Hall–Kier alpha value is -1.55. The highest BCUT2D eigenvalue weighted by Crippen LogP contribution is 2.31. The van der Waals surface area contributed by atoms with Crippen molar-refractivity contribution in [2.75, 3.05) is 20.2 Å². The molecule has 1 aliphatic heterocycles. The van der Waals surface area contributed by atoms with Gasteiger partial charge in [-0.05, 0) is 55.8 Å². The van der Waals surface area contributed by atoms with Gasteiger partial charge in [0.05, 0.1) is 7.11 Å². The fourth-order valence-corrected chi connectivity index (χ4v) is 3.81. The summed E-state index contributed by atoms with van der Waals surface area (Å²) in [4.78, 5) is 13.7. The molecule has 120 valence electrons. The van der Waals surface area contributed by atoms with Crippen LogP contribution < -0.4 is 10.1 Å². The van der Waals surface area contributed by atoms with Gasteiger partial charge in [0.15, 0.2) is 0 Å². The first-order valence-electron chi connectivity index (χ1n) is 8.34. The van der Waals surface area contributed by atoms with Crippen LogP contribution in [0.1, 0.15) is 42.9 Å². The van der Waals surface area contributed by atoms with Crippen molar-refractivity contribution in [3.8, 4) is 5.75 Å². The topological polar surface area (TPSA) is 41.6 Å². The summed E-state index contributed by atoms with van der Waals surface area (Å²) >= 11 is 0. The van der Waals surface area contributed by atoms with Crippen LogP contribution in [0.3, 0.4) is 0 Å². The van der Waals surface area contributed by atoms with Crippen LogP contribution in [0, 0.1) is 0 Å². The molecule has 1 aliphatic carbocycles. The fraction of sp³-hybridized carbons (Fsp3) is 0.611. The molecule has 1 aromatic rings. The number of carbonyl (C=O) groups excluding carboxylic acids is 1. The van der Waals surface area contributed by atoms with E-state index in [4.69, 9.17) is 4.74 Å². The number of amides is 1. The SMILES string of the molecule is COc1cc2c(cc1CN1CCC[C@H](NC(C)=O)C1)CCC2. The van der Waals surface area contributed by atoms with Crippen LogP contribution in [-0.2, 0) is 24.2 Å². The Labute approximate surface area is 132 Å². The highest BCUT2D eigenvalue weighted by Gasteiger charge is 2.22. The van der Waals surface area contributed by atoms with Gasteiger partial charge in [-0.3, -0.25) is 9.69 Å². The molecule has 0 unspecified atom stereocenters. The Kier molecular flexibility index (Phi) is 4.67. The quantitative estimate of drug-likeness (QED) is 0.928. The first-order valence-corrected chi connectivity index (χ1v) is 8.34. The minimum absolute atomic E-state index is 0.0713. The van der Waals surface area contributed by atoms with Gasteiger partial charge >= 0.3 is 0 Å². The molecule has 1 atom stereocenters. The van der Waals surface area contributed by atoms with E-state index in [1.165, 1.54) is 36.0 Å². The lowest BCUT2D eigenvalue weighted by atomic mass is 10.0. The third kappa shape index (κ3) is 3.43. The van der Waals surface area contributed by atoms with Gasteiger partial charge in [-0.15, -0.1) is 0 Å². The summed E-state index contributed by atoms with van der Waals surface area (Å²) < 4.78 is 5.61. The van der Waals surface area contributed by atoms with Crippen LogP contribution in [0.5, 0.6) is 5.75 Å². The van der Waals surface area contributed by atoms with Crippen molar-refractivity contribution in [3.63, 3.8) is 0 Å². The summed E-state index contributed by atoms with van der Waals surface area (Å²) in [6, 6.07) is 4.85. The molecule has 0 spiro atoms. The maximum atomic E-state index is 11.3. The second-order valence-corrected chi connectivity index (χ2v) is 6.56. The lowest BCUT2D eigenvalue weighted by Crippen LogP contribution is -2.46. The average Bonchev–Trinajstić information content (AvgIpc) is 2.93. The monoisotopic (exact) mass is 302 g/mol. The van der Waals surface area contributed by atoms with Gasteiger partial charge in [-0.2, -0.15) is 0 Å². The third-order valence-corrected chi connectivity index (χ3v) is 4.80. The zero-order chi connectivity index (χ0) is 15.5. The van der Waals surface area contributed by atoms with Gasteiger partial charge in [-0.25, -0.2) is 0 Å². The summed E-state index contributed by atoms with van der Waals surface area (Å²) in [5.74, 6) is 1.09. The fourth-order valence-electron chi connectivity index (χ4n) is 3.81. The van der Waals surface area contributed by atoms with Crippen LogP contribution >= 0.6 is 0 Å². The Balaban J connectivity index is 1.71. The first-order chi connectivity index (χ1) is 10.7. The number of benzene rings is 1. The minimum atomic E-state index is 0.0713. The Morgan fingerprint density at radius 1 is 1.32 bits per heavy atom. The van der Waals surface area contributed by atoms with Crippen LogP contribution in [0.25, 0.3) is 0 Å². The second kappa shape index (κ2) is 6.69. The molecule has 1 fully saturated rings. The maximum Gasteiger partial charge on any atom is 0.217 e. The second-order valence-electron chi connectivity index (χ2n) is 6.56. The molecule has 1 aromatic carbocycles. The minimum Gasteiger partial charge on any atom is -0.496 e. The lowest BCUT2D eigenvalue weighted by Gasteiger charge is -2.33. The number of piperidine rings is 1. The molecule has 1 heterocycles. The van der Waals surface area contributed by atoms with Gasteiger partial charge in [0.2, 0.25) is 5.91 Å². The molecule has 1 N–H and O–H groups in total. The van der Waals surface area contributed by atoms with Gasteiger partial charge in [0.1, 0.15) is 5.75 Å². The number of methoxy groups -OCH3 is 1. The van der Waals surface area contributed by atoms with Crippen LogP contribution in [-0.4, -0.2) is 37.0 Å².